The molecule has 0 saturated heterocycles. The quantitative estimate of drug-likeness (QED) is 0.781. The molecule has 1 amide bonds. The smallest absolute Gasteiger partial charge is 0.267 e. The van der Waals surface area contributed by atoms with E-state index in [2.05, 4.69) is 15.6 Å². The number of nitrogens with zero attached hydrogens (tertiary/aromatic N) is 3. The Morgan fingerprint density at radius 2 is 2.24 bits per heavy atom. The van der Waals surface area contributed by atoms with Gasteiger partial charge in [-0.05, 0) is 31.5 Å². The second kappa shape index (κ2) is 7.38. The number of rotatable bonds is 7. The van der Waals surface area contributed by atoms with E-state index in [0.717, 1.165) is 18.5 Å². The van der Waals surface area contributed by atoms with Gasteiger partial charge in [0.2, 0.25) is 5.60 Å². The van der Waals surface area contributed by atoms with Crippen LogP contribution >= 0.6 is 0 Å². The molecule has 1 unspecified atom stereocenters. The first-order valence-corrected chi connectivity index (χ1v) is 8.26. The summed E-state index contributed by atoms with van der Waals surface area (Å²) in [5.74, 6) is 0.551. The van der Waals surface area contributed by atoms with E-state index in [-0.39, 0.29) is 5.91 Å². The van der Waals surface area contributed by atoms with Crippen LogP contribution in [0.15, 0.2) is 47.9 Å². The van der Waals surface area contributed by atoms with Gasteiger partial charge in [-0.15, -0.1) is 0 Å². The lowest BCUT2D eigenvalue weighted by Gasteiger charge is -2.20. The number of ether oxygens (including phenoxy) is 1. The average molecular weight is 342 g/mol. The molecule has 1 atom stereocenters. The molecule has 3 rings (SSSR count). The minimum Gasteiger partial charge on any atom is -0.496 e. The topological polar surface area (TPSA) is 77.7 Å². The number of aryl methyl sites for hydroxylation is 1. The maximum atomic E-state index is 12.5. The lowest BCUT2D eigenvalue weighted by atomic mass is 9.94. The molecule has 25 heavy (non-hydrogen) atoms. The highest BCUT2D eigenvalue weighted by atomic mass is 16.7. The molecular weight excluding hydrogens is 320 g/mol. The van der Waals surface area contributed by atoms with E-state index >= 15 is 0 Å². The fraction of sp³-hybridized carbons (Fsp3) is 0.389. The number of oxime groups is 1. The van der Waals surface area contributed by atoms with Gasteiger partial charge in [0.1, 0.15) is 5.75 Å². The van der Waals surface area contributed by atoms with Crippen molar-refractivity contribution in [2.75, 3.05) is 13.7 Å². The molecule has 0 spiro atoms. The number of carbonyl (C=O) groups is 1. The second-order valence-corrected chi connectivity index (χ2v) is 6.12. The van der Waals surface area contributed by atoms with Crippen molar-refractivity contribution in [1.82, 2.24) is 15.1 Å². The summed E-state index contributed by atoms with van der Waals surface area (Å²) in [6, 6.07) is 9.45. The molecule has 0 saturated carbocycles. The molecule has 1 N–H and O–H groups in total. The van der Waals surface area contributed by atoms with E-state index < -0.39 is 5.60 Å². The largest absolute Gasteiger partial charge is 0.496 e. The molecule has 2 heterocycles. The molecule has 0 bridgehead atoms. The van der Waals surface area contributed by atoms with Crippen LogP contribution in [-0.4, -0.2) is 40.7 Å². The molecule has 1 aromatic carbocycles. The Balaban J connectivity index is 1.53. The van der Waals surface area contributed by atoms with Crippen molar-refractivity contribution in [3.63, 3.8) is 0 Å². The maximum Gasteiger partial charge on any atom is 0.267 e. The number of nitrogens with one attached hydrogen (secondary N) is 1. The van der Waals surface area contributed by atoms with Crippen LogP contribution in [0.2, 0.25) is 0 Å². The maximum absolute atomic E-state index is 12.5. The van der Waals surface area contributed by atoms with E-state index in [4.69, 9.17) is 9.57 Å². The Bertz CT molecular complexity index is 757. The number of para-hydroxylation sites is 1. The minimum atomic E-state index is -0.998. The van der Waals surface area contributed by atoms with Gasteiger partial charge in [0.05, 0.1) is 12.8 Å². The summed E-state index contributed by atoms with van der Waals surface area (Å²) in [7, 11) is 1.61. The summed E-state index contributed by atoms with van der Waals surface area (Å²) in [5, 5.41) is 11.2. The van der Waals surface area contributed by atoms with E-state index in [1.807, 2.05) is 41.2 Å². The summed E-state index contributed by atoms with van der Waals surface area (Å²) < 4.78 is 7.19. The van der Waals surface area contributed by atoms with Gasteiger partial charge in [0.25, 0.3) is 5.91 Å². The highest BCUT2D eigenvalue weighted by Gasteiger charge is 2.42. The van der Waals surface area contributed by atoms with Crippen LogP contribution in [0.3, 0.4) is 0 Å². The third-order valence-corrected chi connectivity index (χ3v) is 4.17. The van der Waals surface area contributed by atoms with Crippen molar-refractivity contribution in [1.29, 1.82) is 0 Å². The Morgan fingerprint density at radius 3 is 3.00 bits per heavy atom. The van der Waals surface area contributed by atoms with Crippen molar-refractivity contribution in [3.8, 4) is 5.75 Å². The fourth-order valence-corrected chi connectivity index (χ4v) is 2.75. The molecule has 7 nitrogen and oxygen atoms in total. The van der Waals surface area contributed by atoms with Gasteiger partial charge in [0.15, 0.2) is 0 Å². The molecule has 1 aliphatic heterocycles. The normalized spacial score (nSPS) is 19.2. The number of hydrogen-bond donors (Lipinski definition) is 1. The molecule has 2 aromatic rings. The van der Waals surface area contributed by atoms with E-state index in [1.165, 1.54) is 0 Å². The Kier molecular flexibility index (Phi) is 5.02. The molecule has 7 heteroatoms. The van der Waals surface area contributed by atoms with E-state index in [1.54, 1.807) is 20.2 Å². The average Bonchev–Trinajstić information content (AvgIpc) is 3.29. The van der Waals surface area contributed by atoms with E-state index in [9.17, 15) is 4.79 Å². The fourth-order valence-electron chi connectivity index (χ4n) is 2.75. The molecular formula is C18H22N4O3. The zero-order chi connectivity index (χ0) is 17.7. The zero-order valence-corrected chi connectivity index (χ0v) is 14.4. The van der Waals surface area contributed by atoms with Crippen LogP contribution in [0.5, 0.6) is 5.75 Å². The molecule has 0 radical (unpaired) electrons. The second-order valence-electron chi connectivity index (χ2n) is 6.12. The van der Waals surface area contributed by atoms with Crippen molar-refractivity contribution >= 4 is 11.6 Å². The SMILES string of the molecule is COc1ccccc1C1=NOC(C)(C(=O)NCCCn2cccn2)C1. The van der Waals surface area contributed by atoms with Crippen LogP contribution in [-0.2, 0) is 16.2 Å². The summed E-state index contributed by atoms with van der Waals surface area (Å²) in [6.07, 6.45) is 4.83. The highest BCUT2D eigenvalue weighted by Crippen LogP contribution is 2.30. The van der Waals surface area contributed by atoms with Crippen LogP contribution in [0.4, 0.5) is 0 Å². The third kappa shape index (κ3) is 3.81. The number of hydrogen-bond acceptors (Lipinski definition) is 5. The summed E-state index contributed by atoms with van der Waals surface area (Å²) >= 11 is 0. The monoisotopic (exact) mass is 342 g/mol. The third-order valence-electron chi connectivity index (χ3n) is 4.17. The number of methoxy groups -OCH3 is 1. The van der Waals surface area contributed by atoms with Crippen LogP contribution in [0.25, 0.3) is 0 Å². The molecule has 132 valence electrons. The lowest BCUT2D eigenvalue weighted by Crippen LogP contribution is -2.45. The van der Waals surface area contributed by atoms with Gasteiger partial charge < -0.3 is 14.9 Å². The van der Waals surface area contributed by atoms with Gasteiger partial charge in [-0.2, -0.15) is 5.10 Å². The van der Waals surface area contributed by atoms with Gasteiger partial charge >= 0.3 is 0 Å². The van der Waals surface area contributed by atoms with Crippen molar-refractivity contribution < 1.29 is 14.4 Å². The predicted molar refractivity (Wildman–Crippen MR) is 93.5 cm³/mol. The van der Waals surface area contributed by atoms with Gasteiger partial charge in [-0.25, -0.2) is 0 Å². The number of amides is 1. The standard InChI is InChI=1S/C18H22N4O3/c1-18(17(23)19-9-5-11-22-12-6-10-20-22)13-15(21-25-18)14-7-3-4-8-16(14)24-2/h3-4,6-8,10,12H,5,9,11,13H2,1-2H3,(H,19,23). The van der Waals surface area contributed by atoms with Crippen LogP contribution in [0.1, 0.15) is 25.3 Å². The molecule has 1 aliphatic rings. The van der Waals surface area contributed by atoms with Gasteiger partial charge in [-0.1, -0.05) is 17.3 Å². The van der Waals surface area contributed by atoms with Crippen LogP contribution < -0.4 is 10.1 Å². The van der Waals surface area contributed by atoms with Gasteiger partial charge in [-0.3, -0.25) is 9.48 Å². The number of benzene rings is 1. The van der Waals surface area contributed by atoms with Crippen molar-refractivity contribution in [2.24, 2.45) is 5.16 Å². The minimum absolute atomic E-state index is 0.165. The molecule has 1 aromatic heterocycles. The zero-order valence-electron chi connectivity index (χ0n) is 14.4. The van der Waals surface area contributed by atoms with E-state index in [0.29, 0.717) is 24.4 Å². The van der Waals surface area contributed by atoms with Crippen molar-refractivity contribution in [2.45, 2.75) is 31.9 Å². The Morgan fingerprint density at radius 1 is 1.40 bits per heavy atom. The predicted octanol–water partition coefficient (Wildman–Crippen LogP) is 1.98. The Labute approximate surface area is 146 Å². The van der Waals surface area contributed by atoms with Crippen LogP contribution in [0, 0.1) is 0 Å². The molecule has 0 fully saturated rings. The highest BCUT2D eigenvalue weighted by molar-refractivity contribution is 6.07. The number of aromatic nitrogens is 2. The lowest BCUT2D eigenvalue weighted by molar-refractivity contribution is -0.141. The molecule has 0 aliphatic carbocycles. The summed E-state index contributed by atoms with van der Waals surface area (Å²) in [5.41, 5.74) is 0.564. The number of carbonyl (C=O) groups excluding carboxylic acids is 1. The first-order chi connectivity index (χ1) is 12.1. The Hall–Kier alpha value is -2.83. The summed E-state index contributed by atoms with van der Waals surface area (Å²) in [6.45, 7) is 3.07. The first kappa shape index (κ1) is 17.0. The van der Waals surface area contributed by atoms with Crippen molar-refractivity contribution in [3.05, 3.63) is 48.3 Å². The summed E-state index contributed by atoms with van der Waals surface area (Å²) in [4.78, 5) is 18.0. The van der Waals surface area contributed by atoms with Gasteiger partial charge in [0, 0.05) is 37.5 Å². The first-order valence-electron chi connectivity index (χ1n) is 8.26.